The van der Waals surface area contributed by atoms with Gasteiger partial charge in [0.1, 0.15) is 5.82 Å². The summed E-state index contributed by atoms with van der Waals surface area (Å²) in [4.78, 5) is 16.5. The molecule has 0 unspecified atom stereocenters. The van der Waals surface area contributed by atoms with E-state index in [4.69, 9.17) is 0 Å². The van der Waals surface area contributed by atoms with E-state index in [9.17, 15) is 4.79 Å². The van der Waals surface area contributed by atoms with Crippen LogP contribution >= 0.6 is 0 Å². The van der Waals surface area contributed by atoms with E-state index in [-0.39, 0.29) is 12.3 Å². The Morgan fingerprint density at radius 1 is 1.08 bits per heavy atom. The summed E-state index contributed by atoms with van der Waals surface area (Å²) in [5, 5.41) is 9.89. The molecule has 0 saturated heterocycles. The fraction of sp³-hybridized carbons (Fsp3) is 0.211. The van der Waals surface area contributed by atoms with E-state index in [0.717, 1.165) is 17.1 Å². The van der Waals surface area contributed by atoms with Crippen LogP contribution in [0.25, 0.3) is 0 Å². The second kappa shape index (κ2) is 7.08. The molecule has 1 heterocycles. The van der Waals surface area contributed by atoms with Gasteiger partial charge in [-0.1, -0.05) is 47.5 Å². The average molecular weight is 320 g/mol. The van der Waals surface area contributed by atoms with E-state index in [0.29, 0.717) is 12.2 Å². The zero-order chi connectivity index (χ0) is 16.9. The quantitative estimate of drug-likeness (QED) is 0.758. The Morgan fingerprint density at radius 2 is 1.88 bits per heavy atom. The van der Waals surface area contributed by atoms with Gasteiger partial charge in [-0.15, -0.1) is 0 Å². The summed E-state index contributed by atoms with van der Waals surface area (Å²) in [7, 11) is 0. The van der Waals surface area contributed by atoms with Crippen molar-refractivity contribution >= 4 is 11.6 Å². The lowest BCUT2D eigenvalue weighted by atomic mass is 10.1. The summed E-state index contributed by atoms with van der Waals surface area (Å²) < 4.78 is 0. The van der Waals surface area contributed by atoms with Gasteiger partial charge in [0.15, 0.2) is 5.82 Å². The highest BCUT2D eigenvalue weighted by Crippen LogP contribution is 2.10. The molecule has 24 heavy (non-hydrogen) atoms. The number of nitrogens with one attached hydrogen (secondary N) is 2. The molecule has 0 aliphatic rings. The van der Waals surface area contributed by atoms with E-state index in [1.54, 1.807) is 0 Å². The molecule has 0 bridgehead atoms. The first kappa shape index (κ1) is 15.9. The SMILES string of the molecule is Cc1ccc(NC(=O)Cc2n[nH]c(Cc3cccc(C)c3)n2)cc1. The van der Waals surface area contributed by atoms with Crippen molar-refractivity contribution in [3.63, 3.8) is 0 Å². The minimum atomic E-state index is -0.125. The summed E-state index contributed by atoms with van der Waals surface area (Å²) in [5.41, 5.74) is 4.32. The molecular weight excluding hydrogens is 300 g/mol. The monoisotopic (exact) mass is 320 g/mol. The summed E-state index contributed by atoms with van der Waals surface area (Å²) in [5.74, 6) is 1.14. The number of aromatic amines is 1. The molecule has 0 aliphatic heterocycles. The third kappa shape index (κ3) is 4.29. The number of H-pyrrole nitrogens is 1. The molecule has 3 rings (SSSR count). The molecule has 0 fully saturated rings. The molecule has 2 N–H and O–H groups in total. The Kier molecular flexibility index (Phi) is 4.70. The number of aryl methyl sites for hydroxylation is 2. The van der Waals surface area contributed by atoms with E-state index >= 15 is 0 Å². The van der Waals surface area contributed by atoms with Crippen LogP contribution in [-0.2, 0) is 17.6 Å². The highest BCUT2D eigenvalue weighted by atomic mass is 16.1. The third-order valence-electron chi connectivity index (χ3n) is 3.69. The predicted octanol–water partition coefficient (Wildman–Crippen LogP) is 3.19. The van der Waals surface area contributed by atoms with Crippen LogP contribution in [0.2, 0.25) is 0 Å². The lowest BCUT2D eigenvalue weighted by Crippen LogP contribution is -2.15. The number of benzene rings is 2. The standard InChI is InChI=1S/C19H20N4O/c1-13-6-8-16(9-7-13)20-19(24)12-18-21-17(22-23-18)11-15-5-3-4-14(2)10-15/h3-10H,11-12H2,1-2H3,(H,20,24)(H,21,22,23). The second-order valence-corrected chi connectivity index (χ2v) is 5.96. The zero-order valence-electron chi connectivity index (χ0n) is 13.8. The molecule has 5 heteroatoms. The number of aromatic nitrogens is 3. The van der Waals surface area contributed by atoms with Gasteiger partial charge >= 0.3 is 0 Å². The predicted molar refractivity (Wildman–Crippen MR) is 93.9 cm³/mol. The van der Waals surface area contributed by atoms with Crippen molar-refractivity contribution < 1.29 is 4.79 Å². The van der Waals surface area contributed by atoms with Crippen LogP contribution in [0.3, 0.4) is 0 Å². The molecule has 0 atom stereocenters. The molecule has 0 aliphatic carbocycles. The Hall–Kier alpha value is -2.95. The first-order valence-electron chi connectivity index (χ1n) is 7.91. The maximum Gasteiger partial charge on any atom is 0.232 e. The van der Waals surface area contributed by atoms with E-state index in [1.165, 1.54) is 11.1 Å². The highest BCUT2D eigenvalue weighted by molar-refractivity contribution is 5.91. The molecular formula is C19H20N4O. The Balaban J connectivity index is 1.59. The fourth-order valence-corrected chi connectivity index (χ4v) is 2.49. The number of amides is 1. The lowest BCUT2D eigenvalue weighted by Gasteiger charge is -2.03. The fourth-order valence-electron chi connectivity index (χ4n) is 2.49. The van der Waals surface area contributed by atoms with Gasteiger partial charge in [0.2, 0.25) is 5.91 Å². The van der Waals surface area contributed by atoms with Crippen molar-refractivity contribution in [2.75, 3.05) is 5.32 Å². The van der Waals surface area contributed by atoms with Gasteiger partial charge in [0.05, 0.1) is 6.42 Å². The smallest absolute Gasteiger partial charge is 0.232 e. The van der Waals surface area contributed by atoms with Gasteiger partial charge in [0.25, 0.3) is 0 Å². The van der Waals surface area contributed by atoms with Crippen molar-refractivity contribution in [1.82, 2.24) is 15.2 Å². The summed E-state index contributed by atoms with van der Waals surface area (Å²) in [6.07, 6.45) is 0.826. The Bertz CT molecular complexity index is 837. The van der Waals surface area contributed by atoms with E-state index in [2.05, 4.69) is 45.6 Å². The van der Waals surface area contributed by atoms with E-state index in [1.807, 2.05) is 37.3 Å². The Morgan fingerprint density at radius 3 is 2.62 bits per heavy atom. The number of rotatable bonds is 5. The normalized spacial score (nSPS) is 10.6. The summed E-state index contributed by atoms with van der Waals surface area (Å²) in [6, 6.07) is 15.9. The number of hydrogen-bond donors (Lipinski definition) is 2. The second-order valence-electron chi connectivity index (χ2n) is 5.96. The van der Waals surface area contributed by atoms with Crippen LogP contribution in [0.5, 0.6) is 0 Å². The Labute approximate surface area is 141 Å². The molecule has 1 aromatic heterocycles. The minimum absolute atomic E-state index is 0.125. The lowest BCUT2D eigenvalue weighted by molar-refractivity contribution is -0.115. The van der Waals surface area contributed by atoms with Crippen molar-refractivity contribution in [1.29, 1.82) is 0 Å². The van der Waals surface area contributed by atoms with Crippen LogP contribution in [0.1, 0.15) is 28.3 Å². The number of hydrogen-bond acceptors (Lipinski definition) is 3. The molecule has 1 amide bonds. The van der Waals surface area contributed by atoms with Gasteiger partial charge in [-0.25, -0.2) is 4.98 Å². The maximum absolute atomic E-state index is 12.1. The zero-order valence-corrected chi connectivity index (χ0v) is 13.8. The molecule has 0 spiro atoms. The van der Waals surface area contributed by atoms with Gasteiger partial charge < -0.3 is 5.32 Å². The van der Waals surface area contributed by atoms with Gasteiger partial charge in [-0.2, -0.15) is 5.10 Å². The topological polar surface area (TPSA) is 70.7 Å². The molecule has 0 radical (unpaired) electrons. The average Bonchev–Trinajstić information content (AvgIpc) is 2.96. The molecule has 5 nitrogen and oxygen atoms in total. The van der Waals surface area contributed by atoms with Crippen molar-refractivity contribution in [3.05, 3.63) is 76.9 Å². The van der Waals surface area contributed by atoms with Gasteiger partial charge in [0, 0.05) is 12.1 Å². The van der Waals surface area contributed by atoms with Crippen LogP contribution in [-0.4, -0.2) is 21.1 Å². The van der Waals surface area contributed by atoms with Crippen molar-refractivity contribution in [2.45, 2.75) is 26.7 Å². The van der Waals surface area contributed by atoms with Crippen LogP contribution < -0.4 is 5.32 Å². The largest absolute Gasteiger partial charge is 0.326 e. The van der Waals surface area contributed by atoms with E-state index < -0.39 is 0 Å². The number of carbonyl (C=O) groups is 1. The van der Waals surface area contributed by atoms with Crippen molar-refractivity contribution in [3.8, 4) is 0 Å². The summed E-state index contributed by atoms with van der Waals surface area (Å²) in [6.45, 7) is 4.07. The van der Waals surface area contributed by atoms with Crippen LogP contribution in [0, 0.1) is 13.8 Å². The van der Waals surface area contributed by atoms with Crippen LogP contribution in [0.15, 0.2) is 48.5 Å². The van der Waals surface area contributed by atoms with Gasteiger partial charge in [-0.3, -0.25) is 9.89 Å². The molecule has 0 saturated carbocycles. The number of anilines is 1. The maximum atomic E-state index is 12.1. The van der Waals surface area contributed by atoms with Crippen LogP contribution in [0.4, 0.5) is 5.69 Å². The van der Waals surface area contributed by atoms with Gasteiger partial charge in [-0.05, 0) is 31.5 Å². The molecule has 3 aromatic rings. The third-order valence-corrected chi connectivity index (χ3v) is 3.69. The number of carbonyl (C=O) groups excluding carboxylic acids is 1. The highest BCUT2D eigenvalue weighted by Gasteiger charge is 2.10. The minimum Gasteiger partial charge on any atom is -0.326 e. The first-order chi connectivity index (χ1) is 11.6. The first-order valence-corrected chi connectivity index (χ1v) is 7.91. The number of nitrogens with zero attached hydrogens (tertiary/aromatic N) is 2. The molecule has 122 valence electrons. The summed E-state index contributed by atoms with van der Waals surface area (Å²) >= 11 is 0. The molecule has 2 aromatic carbocycles. The van der Waals surface area contributed by atoms with Crippen molar-refractivity contribution in [2.24, 2.45) is 0 Å².